The minimum Gasteiger partial charge on any atom is -0.465 e. The second kappa shape index (κ2) is 5.38. The lowest BCUT2D eigenvalue weighted by molar-refractivity contribution is -0.140. The van der Waals surface area contributed by atoms with Gasteiger partial charge in [0.15, 0.2) is 0 Å². The number of nitrogens with one attached hydrogen (secondary N) is 1. The molecule has 100 valence electrons. The van der Waals surface area contributed by atoms with Gasteiger partial charge in [-0.1, -0.05) is 30.3 Å². The Bertz CT molecular complexity index is 502. The number of ether oxygens (including phenoxy) is 1. The summed E-state index contributed by atoms with van der Waals surface area (Å²) in [7, 11) is 0. The topological polar surface area (TPSA) is 95.9 Å². The Morgan fingerprint density at radius 2 is 2.05 bits per heavy atom. The molecule has 0 spiro atoms. The minimum absolute atomic E-state index is 0.0470. The highest BCUT2D eigenvalue weighted by Crippen LogP contribution is 2.10. The van der Waals surface area contributed by atoms with Gasteiger partial charge in [-0.15, -0.1) is 0 Å². The fourth-order valence-corrected chi connectivity index (χ4v) is 1.61. The van der Waals surface area contributed by atoms with E-state index in [1.54, 1.807) is 12.1 Å². The van der Waals surface area contributed by atoms with Crippen LogP contribution in [0.25, 0.3) is 0 Å². The molecule has 2 rings (SSSR count). The van der Waals surface area contributed by atoms with Crippen LogP contribution >= 0.6 is 0 Å². The summed E-state index contributed by atoms with van der Waals surface area (Å²) in [6, 6.07) is 8.26. The van der Waals surface area contributed by atoms with E-state index >= 15 is 0 Å². The smallest absolute Gasteiger partial charge is 0.414 e. The van der Waals surface area contributed by atoms with Crippen molar-refractivity contribution >= 4 is 18.1 Å². The van der Waals surface area contributed by atoms with E-state index in [1.807, 2.05) is 18.2 Å². The predicted molar refractivity (Wildman–Crippen MR) is 63.3 cm³/mol. The molecule has 1 aromatic rings. The van der Waals surface area contributed by atoms with Crippen LogP contribution in [0.1, 0.15) is 5.56 Å². The van der Waals surface area contributed by atoms with Gasteiger partial charge in [-0.3, -0.25) is 4.79 Å². The Morgan fingerprint density at radius 3 is 2.63 bits per heavy atom. The lowest BCUT2D eigenvalue weighted by Crippen LogP contribution is -2.65. The molecule has 7 nitrogen and oxygen atoms in total. The van der Waals surface area contributed by atoms with Crippen LogP contribution in [0.15, 0.2) is 30.3 Å². The Balaban J connectivity index is 1.74. The van der Waals surface area contributed by atoms with Crippen LogP contribution in [0, 0.1) is 0 Å². The van der Waals surface area contributed by atoms with Crippen molar-refractivity contribution in [2.75, 3.05) is 6.54 Å². The lowest BCUT2D eigenvalue weighted by atomic mass is 10.1. The summed E-state index contributed by atoms with van der Waals surface area (Å²) in [5.74, 6) is -0.649. The number of carbonyl (C=O) groups is 3. The molecule has 1 aromatic carbocycles. The number of alkyl carbamates (subject to hydrolysis) is 1. The van der Waals surface area contributed by atoms with E-state index in [2.05, 4.69) is 5.32 Å². The lowest BCUT2D eigenvalue weighted by Gasteiger charge is -2.34. The van der Waals surface area contributed by atoms with Gasteiger partial charge in [0.2, 0.25) is 0 Å². The van der Waals surface area contributed by atoms with Gasteiger partial charge in [0, 0.05) is 0 Å². The molecule has 1 fully saturated rings. The molecule has 0 aromatic heterocycles. The quantitative estimate of drug-likeness (QED) is 0.787. The third-order valence-corrected chi connectivity index (χ3v) is 2.67. The summed E-state index contributed by atoms with van der Waals surface area (Å²) in [4.78, 5) is 33.8. The molecule has 1 atom stereocenters. The van der Waals surface area contributed by atoms with Crippen molar-refractivity contribution in [2.24, 2.45) is 0 Å². The first-order valence-corrected chi connectivity index (χ1v) is 5.59. The number of imide groups is 1. The molecule has 0 saturated carbocycles. The molecule has 0 unspecified atom stereocenters. The first kappa shape index (κ1) is 12.9. The van der Waals surface area contributed by atoms with Gasteiger partial charge in [-0.25, -0.2) is 14.5 Å². The molecular weight excluding hydrogens is 252 g/mol. The third-order valence-electron chi connectivity index (χ3n) is 2.67. The van der Waals surface area contributed by atoms with E-state index in [1.165, 1.54) is 0 Å². The molecule has 1 saturated heterocycles. The maximum Gasteiger partial charge on any atom is 0.414 e. The number of rotatable bonds is 3. The molecule has 1 aliphatic heterocycles. The maximum absolute atomic E-state index is 11.4. The molecule has 1 aliphatic rings. The van der Waals surface area contributed by atoms with E-state index < -0.39 is 24.1 Å². The number of hydrogen-bond acceptors (Lipinski definition) is 4. The van der Waals surface area contributed by atoms with E-state index in [9.17, 15) is 14.4 Å². The third kappa shape index (κ3) is 3.01. The number of carboxylic acid groups (broad SMARTS) is 1. The standard InChI is InChI=1S/C12H12N2O5/c15-10-9(6-14(10)12(17)18)13-11(16)19-7-8-4-2-1-3-5-8/h1-5,9H,6-7H2,(H,13,16)(H,17,18)/t9-/m0/s1. The van der Waals surface area contributed by atoms with Crippen LogP contribution in [-0.2, 0) is 16.1 Å². The number of carbonyl (C=O) groups excluding carboxylic acids is 2. The Hall–Kier alpha value is -2.57. The van der Waals surface area contributed by atoms with E-state index in [4.69, 9.17) is 9.84 Å². The highest BCUT2D eigenvalue weighted by atomic mass is 16.5. The van der Waals surface area contributed by atoms with Crippen LogP contribution < -0.4 is 5.32 Å². The average molecular weight is 264 g/mol. The van der Waals surface area contributed by atoms with Crippen molar-refractivity contribution in [1.29, 1.82) is 0 Å². The van der Waals surface area contributed by atoms with E-state index in [0.29, 0.717) is 4.90 Å². The van der Waals surface area contributed by atoms with Crippen molar-refractivity contribution in [3.05, 3.63) is 35.9 Å². The summed E-state index contributed by atoms with van der Waals surface area (Å²) in [6.45, 7) is 0.0465. The number of benzene rings is 1. The second-order valence-corrected chi connectivity index (χ2v) is 3.99. The zero-order chi connectivity index (χ0) is 13.8. The Kier molecular flexibility index (Phi) is 3.65. The number of hydrogen-bond donors (Lipinski definition) is 2. The molecule has 0 bridgehead atoms. The molecule has 7 heteroatoms. The van der Waals surface area contributed by atoms with Crippen LogP contribution in [0.3, 0.4) is 0 Å². The number of nitrogens with zero attached hydrogens (tertiary/aromatic N) is 1. The zero-order valence-corrected chi connectivity index (χ0v) is 9.91. The highest BCUT2D eigenvalue weighted by Gasteiger charge is 2.42. The van der Waals surface area contributed by atoms with Gasteiger partial charge >= 0.3 is 12.2 Å². The molecule has 0 aliphatic carbocycles. The highest BCUT2D eigenvalue weighted by molar-refractivity contribution is 6.01. The van der Waals surface area contributed by atoms with Crippen LogP contribution in [0.5, 0.6) is 0 Å². The predicted octanol–water partition coefficient (Wildman–Crippen LogP) is 0.802. The SMILES string of the molecule is O=C(N[C@H]1CN(C(=O)O)C1=O)OCc1ccccc1. The fourth-order valence-electron chi connectivity index (χ4n) is 1.61. The average Bonchev–Trinajstić information content (AvgIpc) is 2.41. The van der Waals surface area contributed by atoms with Gasteiger partial charge in [0.1, 0.15) is 12.6 Å². The van der Waals surface area contributed by atoms with Crippen molar-refractivity contribution in [2.45, 2.75) is 12.6 Å². The van der Waals surface area contributed by atoms with Gasteiger partial charge in [-0.2, -0.15) is 0 Å². The summed E-state index contributed by atoms with van der Waals surface area (Å²) in [5.41, 5.74) is 0.824. The molecule has 2 N–H and O–H groups in total. The Labute approximate surface area is 108 Å². The van der Waals surface area contributed by atoms with Gasteiger partial charge in [0.25, 0.3) is 5.91 Å². The fraction of sp³-hybridized carbons (Fsp3) is 0.250. The van der Waals surface area contributed by atoms with Crippen molar-refractivity contribution < 1.29 is 24.2 Å². The van der Waals surface area contributed by atoms with E-state index in [0.717, 1.165) is 5.56 Å². The largest absolute Gasteiger partial charge is 0.465 e. The van der Waals surface area contributed by atoms with Crippen LogP contribution in [-0.4, -0.2) is 40.7 Å². The normalized spacial score (nSPS) is 17.6. The summed E-state index contributed by atoms with van der Waals surface area (Å²) < 4.78 is 4.91. The Morgan fingerprint density at radius 1 is 1.37 bits per heavy atom. The van der Waals surface area contributed by atoms with Gasteiger partial charge in [0.05, 0.1) is 6.54 Å². The van der Waals surface area contributed by atoms with Gasteiger partial charge in [-0.05, 0) is 5.56 Å². The zero-order valence-electron chi connectivity index (χ0n) is 9.91. The van der Waals surface area contributed by atoms with Crippen LogP contribution in [0.4, 0.5) is 9.59 Å². The molecule has 1 heterocycles. The van der Waals surface area contributed by atoms with Crippen molar-refractivity contribution in [1.82, 2.24) is 10.2 Å². The summed E-state index contributed by atoms with van der Waals surface area (Å²) >= 11 is 0. The van der Waals surface area contributed by atoms with Crippen molar-refractivity contribution in [3.8, 4) is 0 Å². The number of amides is 3. The first-order valence-electron chi connectivity index (χ1n) is 5.59. The summed E-state index contributed by atoms with van der Waals surface area (Å²) in [6.07, 6.45) is -2.06. The van der Waals surface area contributed by atoms with Gasteiger partial charge < -0.3 is 15.2 Å². The second-order valence-electron chi connectivity index (χ2n) is 3.99. The van der Waals surface area contributed by atoms with E-state index in [-0.39, 0.29) is 13.2 Å². The molecule has 19 heavy (non-hydrogen) atoms. The monoisotopic (exact) mass is 264 g/mol. The maximum atomic E-state index is 11.4. The number of β-lactam (4-membered cyclic amide) rings is 1. The minimum atomic E-state index is -1.32. The first-order chi connectivity index (χ1) is 9.08. The molecule has 3 amide bonds. The molecule has 0 radical (unpaired) electrons. The summed E-state index contributed by atoms with van der Waals surface area (Å²) in [5, 5.41) is 10.9. The molecular formula is C12H12N2O5. The van der Waals surface area contributed by atoms with Crippen molar-refractivity contribution in [3.63, 3.8) is 0 Å². The van der Waals surface area contributed by atoms with Crippen LogP contribution in [0.2, 0.25) is 0 Å². The number of likely N-dealkylation sites (tertiary alicyclic amines) is 1.